The topological polar surface area (TPSA) is 90.1 Å². The third-order valence-corrected chi connectivity index (χ3v) is 4.19. The summed E-state index contributed by atoms with van der Waals surface area (Å²) in [6, 6.07) is 0. The van der Waals surface area contributed by atoms with E-state index in [1.54, 1.807) is 0 Å². The van der Waals surface area contributed by atoms with Crippen molar-refractivity contribution in [2.45, 2.75) is 18.8 Å². The van der Waals surface area contributed by atoms with Gasteiger partial charge in [-0.05, 0) is 12.8 Å². The second-order valence-electron chi connectivity index (χ2n) is 3.53. The number of aldehydes is 1. The van der Waals surface area contributed by atoms with Gasteiger partial charge in [-0.25, -0.2) is 8.42 Å². The van der Waals surface area contributed by atoms with E-state index < -0.39 is 9.84 Å². The number of sulfone groups is 1. The molecule has 1 aliphatic rings. The van der Waals surface area contributed by atoms with Crippen LogP contribution in [-0.2, 0) is 9.84 Å². The molecule has 0 atom stereocenters. The van der Waals surface area contributed by atoms with Crippen molar-refractivity contribution in [3.63, 3.8) is 0 Å². The Labute approximate surface area is 86.6 Å². The summed E-state index contributed by atoms with van der Waals surface area (Å²) in [7, 11) is -2.88. The Balaban J connectivity index is 2.10. The molecule has 7 heteroatoms. The molecule has 0 spiro atoms. The lowest BCUT2D eigenvalue weighted by molar-refractivity contribution is 0.108. The molecule has 0 unspecified atom stereocenters. The normalized spacial score (nSPS) is 21.3. The molecule has 6 nitrogen and oxygen atoms in total. The first kappa shape index (κ1) is 10.3. The van der Waals surface area contributed by atoms with E-state index >= 15 is 0 Å². The second-order valence-corrected chi connectivity index (χ2v) is 5.84. The molecule has 0 bridgehead atoms. The third-order valence-electron chi connectivity index (χ3n) is 2.48. The van der Waals surface area contributed by atoms with Crippen molar-refractivity contribution in [2.75, 3.05) is 11.5 Å². The van der Waals surface area contributed by atoms with E-state index in [2.05, 4.69) is 14.7 Å². The minimum atomic E-state index is -2.88. The first-order valence-electron chi connectivity index (χ1n) is 4.60. The monoisotopic (exact) mass is 230 g/mol. The minimum absolute atomic E-state index is 0.00836. The van der Waals surface area contributed by atoms with Crippen molar-refractivity contribution < 1.29 is 17.7 Å². The fraction of sp³-hybridized carbons (Fsp3) is 0.625. The molecule has 1 fully saturated rings. The zero-order valence-electron chi connectivity index (χ0n) is 7.92. The average Bonchev–Trinajstić information content (AvgIpc) is 2.66. The highest BCUT2D eigenvalue weighted by Gasteiger charge is 2.27. The molecule has 0 amide bonds. The van der Waals surface area contributed by atoms with Crippen LogP contribution in [0, 0.1) is 0 Å². The summed E-state index contributed by atoms with van der Waals surface area (Å²) in [4.78, 5) is 14.2. The third kappa shape index (κ3) is 2.23. The van der Waals surface area contributed by atoms with Gasteiger partial charge in [-0.15, -0.1) is 0 Å². The number of carbonyl (C=O) groups is 1. The van der Waals surface area contributed by atoms with Crippen LogP contribution in [0.15, 0.2) is 4.52 Å². The number of carbonyl (C=O) groups excluding carboxylic acids is 1. The van der Waals surface area contributed by atoms with Gasteiger partial charge in [0.05, 0.1) is 11.5 Å². The molecule has 2 heterocycles. The first-order chi connectivity index (χ1) is 7.11. The fourth-order valence-electron chi connectivity index (χ4n) is 1.61. The molecule has 0 saturated carbocycles. The minimum Gasteiger partial charge on any atom is -0.331 e. The van der Waals surface area contributed by atoms with E-state index in [1.807, 2.05) is 0 Å². The van der Waals surface area contributed by atoms with Gasteiger partial charge in [0.2, 0.25) is 6.29 Å². The van der Waals surface area contributed by atoms with E-state index in [0.717, 1.165) is 0 Å². The summed E-state index contributed by atoms with van der Waals surface area (Å²) in [5.74, 6) is 0.682. The van der Waals surface area contributed by atoms with Crippen LogP contribution < -0.4 is 0 Å². The average molecular weight is 230 g/mol. The second kappa shape index (κ2) is 3.73. The van der Waals surface area contributed by atoms with Crippen LogP contribution in [0.25, 0.3) is 0 Å². The van der Waals surface area contributed by atoms with Crippen LogP contribution in [0.5, 0.6) is 0 Å². The summed E-state index contributed by atoms with van der Waals surface area (Å²) in [6.07, 6.45) is 1.48. The predicted molar refractivity (Wildman–Crippen MR) is 50.3 cm³/mol. The maximum Gasteiger partial charge on any atom is 0.290 e. The quantitative estimate of drug-likeness (QED) is 0.673. The molecule has 82 valence electrons. The first-order valence-corrected chi connectivity index (χ1v) is 6.42. The number of rotatable bonds is 2. The maximum absolute atomic E-state index is 11.2. The Bertz CT molecular complexity index is 451. The standard InChI is InChI=1S/C8H10N2O4S/c11-5-7-9-8(10-14-7)6-1-3-15(12,13)4-2-6/h5-6H,1-4H2. The lowest BCUT2D eigenvalue weighted by Crippen LogP contribution is -2.22. The molecule has 1 aromatic rings. The predicted octanol–water partition coefficient (Wildman–Crippen LogP) is 0.174. The SMILES string of the molecule is O=Cc1nc(C2CCS(=O)(=O)CC2)no1. The highest BCUT2D eigenvalue weighted by molar-refractivity contribution is 7.91. The molecular formula is C8H10N2O4S. The van der Waals surface area contributed by atoms with Crippen molar-refractivity contribution >= 4 is 16.1 Å². The molecule has 15 heavy (non-hydrogen) atoms. The van der Waals surface area contributed by atoms with E-state index in [1.165, 1.54) is 0 Å². The van der Waals surface area contributed by atoms with Gasteiger partial charge in [0.25, 0.3) is 5.89 Å². The number of hydrogen-bond acceptors (Lipinski definition) is 6. The van der Waals surface area contributed by atoms with Crippen molar-refractivity contribution in [1.29, 1.82) is 0 Å². The van der Waals surface area contributed by atoms with Gasteiger partial charge in [-0.1, -0.05) is 5.16 Å². The van der Waals surface area contributed by atoms with Crippen LogP contribution in [-0.4, -0.2) is 36.4 Å². The van der Waals surface area contributed by atoms with Gasteiger partial charge in [-0.3, -0.25) is 4.79 Å². The van der Waals surface area contributed by atoms with E-state index in [9.17, 15) is 13.2 Å². The zero-order chi connectivity index (χ0) is 10.9. The molecule has 1 saturated heterocycles. The Morgan fingerprint density at radius 3 is 2.53 bits per heavy atom. The van der Waals surface area contributed by atoms with Crippen LogP contribution in [0.1, 0.15) is 35.3 Å². The molecule has 1 aromatic heterocycles. The smallest absolute Gasteiger partial charge is 0.290 e. The Morgan fingerprint density at radius 2 is 2.00 bits per heavy atom. The molecule has 0 aromatic carbocycles. The van der Waals surface area contributed by atoms with Crippen molar-refractivity contribution in [3.8, 4) is 0 Å². The fourth-order valence-corrected chi connectivity index (χ4v) is 3.10. The highest BCUT2D eigenvalue weighted by Crippen LogP contribution is 2.26. The van der Waals surface area contributed by atoms with Gasteiger partial charge in [0.1, 0.15) is 9.84 Å². The molecule has 1 aliphatic heterocycles. The Morgan fingerprint density at radius 1 is 1.33 bits per heavy atom. The molecule has 2 rings (SSSR count). The lowest BCUT2D eigenvalue weighted by atomic mass is 10.0. The molecular weight excluding hydrogens is 220 g/mol. The van der Waals surface area contributed by atoms with Crippen LogP contribution in [0.4, 0.5) is 0 Å². The summed E-state index contributed by atoms with van der Waals surface area (Å²) in [5.41, 5.74) is 0. The Kier molecular flexibility index (Phi) is 2.56. The van der Waals surface area contributed by atoms with E-state index in [0.29, 0.717) is 25.0 Å². The summed E-state index contributed by atoms with van der Waals surface area (Å²) >= 11 is 0. The highest BCUT2D eigenvalue weighted by atomic mass is 32.2. The van der Waals surface area contributed by atoms with Gasteiger partial charge >= 0.3 is 0 Å². The zero-order valence-corrected chi connectivity index (χ0v) is 8.74. The molecule has 0 aliphatic carbocycles. The number of aromatic nitrogens is 2. The molecule has 0 radical (unpaired) electrons. The number of hydrogen-bond donors (Lipinski definition) is 0. The van der Waals surface area contributed by atoms with Crippen LogP contribution in [0.2, 0.25) is 0 Å². The van der Waals surface area contributed by atoms with E-state index in [-0.39, 0.29) is 23.3 Å². The molecule has 0 N–H and O–H groups in total. The van der Waals surface area contributed by atoms with Gasteiger partial charge < -0.3 is 4.52 Å². The largest absolute Gasteiger partial charge is 0.331 e. The van der Waals surface area contributed by atoms with Crippen molar-refractivity contribution in [1.82, 2.24) is 10.1 Å². The Hall–Kier alpha value is -1.24. The van der Waals surface area contributed by atoms with Gasteiger partial charge in [0, 0.05) is 5.92 Å². The van der Waals surface area contributed by atoms with Gasteiger partial charge in [0.15, 0.2) is 5.82 Å². The summed E-state index contributed by atoms with van der Waals surface area (Å²) in [6.45, 7) is 0. The van der Waals surface area contributed by atoms with Gasteiger partial charge in [-0.2, -0.15) is 4.98 Å². The van der Waals surface area contributed by atoms with Crippen molar-refractivity contribution in [2.24, 2.45) is 0 Å². The summed E-state index contributed by atoms with van der Waals surface area (Å²) in [5, 5.41) is 3.65. The lowest BCUT2D eigenvalue weighted by Gasteiger charge is -2.18. The van der Waals surface area contributed by atoms with Crippen LogP contribution >= 0.6 is 0 Å². The van der Waals surface area contributed by atoms with Crippen molar-refractivity contribution in [3.05, 3.63) is 11.7 Å². The van der Waals surface area contributed by atoms with E-state index in [4.69, 9.17) is 0 Å². The maximum atomic E-state index is 11.2. The number of nitrogens with zero attached hydrogens (tertiary/aromatic N) is 2. The summed E-state index contributed by atoms with van der Waals surface area (Å²) < 4.78 is 27.0. The van der Waals surface area contributed by atoms with Crippen LogP contribution in [0.3, 0.4) is 0 Å².